The molecule has 0 fully saturated rings. The number of unbranched alkanes of at least 4 members (excludes halogenated alkanes) is 6. The summed E-state index contributed by atoms with van der Waals surface area (Å²) in [7, 11) is -4.67. The maximum atomic E-state index is 8.74. The van der Waals surface area contributed by atoms with Crippen molar-refractivity contribution in [2.24, 2.45) is 0 Å². The maximum Gasteiger partial charge on any atom is 1.00 e. The first-order valence-electron chi connectivity index (χ1n) is 7.66. The van der Waals surface area contributed by atoms with Gasteiger partial charge in [0.05, 0.1) is 6.10 Å². The van der Waals surface area contributed by atoms with Crippen LogP contribution in [0.15, 0.2) is 0 Å². The SMILES string of the molecule is CCCCCCCCCC(CC)OCC.O=S(=O)(O)O.[H-].[Na+]. The van der Waals surface area contributed by atoms with E-state index in [4.69, 9.17) is 22.3 Å². The summed E-state index contributed by atoms with van der Waals surface area (Å²) in [5.74, 6) is 0. The van der Waals surface area contributed by atoms with Crippen molar-refractivity contribution in [1.29, 1.82) is 0 Å². The Morgan fingerprint density at radius 1 is 0.952 bits per heavy atom. The fraction of sp³-hybridized carbons (Fsp3) is 1.00. The van der Waals surface area contributed by atoms with Crippen molar-refractivity contribution in [3.05, 3.63) is 0 Å². The molecule has 0 heterocycles. The predicted molar refractivity (Wildman–Crippen MR) is 83.6 cm³/mol. The molecule has 0 aromatic rings. The molecule has 0 aliphatic heterocycles. The summed E-state index contributed by atoms with van der Waals surface area (Å²) in [5.41, 5.74) is 0. The largest absolute Gasteiger partial charge is 1.00 e. The van der Waals surface area contributed by atoms with Gasteiger partial charge in [-0.25, -0.2) is 0 Å². The van der Waals surface area contributed by atoms with Gasteiger partial charge in [0.1, 0.15) is 0 Å². The molecule has 0 saturated heterocycles. The molecule has 0 aliphatic carbocycles. The van der Waals surface area contributed by atoms with Gasteiger partial charge >= 0.3 is 40.0 Å². The van der Waals surface area contributed by atoms with Crippen molar-refractivity contribution < 1.29 is 53.2 Å². The van der Waals surface area contributed by atoms with E-state index < -0.39 is 10.4 Å². The standard InChI is InChI=1S/C14H30O.Na.H2O4S.H/c1-4-7-8-9-10-11-12-13-14(5-2)15-6-3;;1-5(2,3)4;/h14H,4-13H2,1-3H3;;(H2,1,2,3,4);/q;+1;;-1. The molecule has 0 rings (SSSR count). The average molecular weight is 336 g/mol. The first-order valence-corrected chi connectivity index (χ1v) is 9.06. The van der Waals surface area contributed by atoms with Crippen LogP contribution in [0.5, 0.6) is 0 Å². The van der Waals surface area contributed by atoms with Crippen molar-refractivity contribution in [2.75, 3.05) is 6.61 Å². The molecule has 5 nitrogen and oxygen atoms in total. The van der Waals surface area contributed by atoms with E-state index in [0.717, 1.165) is 6.61 Å². The smallest absolute Gasteiger partial charge is 1.00 e. The van der Waals surface area contributed by atoms with Gasteiger partial charge in [-0.2, -0.15) is 8.42 Å². The number of rotatable bonds is 11. The van der Waals surface area contributed by atoms with Crippen molar-refractivity contribution in [3.8, 4) is 0 Å². The third kappa shape index (κ3) is 33.6. The van der Waals surface area contributed by atoms with Gasteiger partial charge in [-0.3, -0.25) is 9.11 Å². The van der Waals surface area contributed by atoms with E-state index >= 15 is 0 Å². The molecule has 126 valence electrons. The Kier molecular flexibility index (Phi) is 24.0. The van der Waals surface area contributed by atoms with Gasteiger partial charge in [-0.05, 0) is 19.8 Å². The van der Waals surface area contributed by atoms with E-state index in [1.54, 1.807) is 0 Å². The Morgan fingerprint density at radius 2 is 1.38 bits per heavy atom. The molecule has 21 heavy (non-hydrogen) atoms. The summed E-state index contributed by atoms with van der Waals surface area (Å²) < 4.78 is 37.2. The Balaban J connectivity index is -0.000000201. The number of hydrogen-bond acceptors (Lipinski definition) is 3. The molecular formula is C14H33NaO5S. The topological polar surface area (TPSA) is 83.8 Å². The maximum absolute atomic E-state index is 8.74. The zero-order valence-electron chi connectivity index (χ0n) is 15.2. The van der Waals surface area contributed by atoms with Crippen molar-refractivity contribution in [1.82, 2.24) is 0 Å². The molecule has 0 aromatic heterocycles. The molecular weight excluding hydrogens is 303 g/mol. The second-order valence-electron chi connectivity index (χ2n) is 4.84. The quantitative estimate of drug-likeness (QED) is 0.338. The van der Waals surface area contributed by atoms with Crippen molar-refractivity contribution >= 4 is 10.4 Å². The van der Waals surface area contributed by atoms with Gasteiger partial charge < -0.3 is 6.16 Å². The fourth-order valence-electron chi connectivity index (χ4n) is 1.97. The molecule has 0 aromatic carbocycles. The van der Waals surface area contributed by atoms with E-state index in [2.05, 4.69) is 20.8 Å². The second kappa shape index (κ2) is 18.9. The normalized spacial score (nSPS) is 12.0. The van der Waals surface area contributed by atoms with Gasteiger partial charge in [-0.15, -0.1) is 0 Å². The van der Waals surface area contributed by atoms with E-state index in [9.17, 15) is 0 Å². The summed E-state index contributed by atoms with van der Waals surface area (Å²) in [6.07, 6.45) is 12.7. The van der Waals surface area contributed by atoms with E-state index in [1.165, 1.54) is 57.8 Å². The minimum Gasteiger partial charge on any atom is -1.00 e. The van der Waals surface area contributed by atoms with Crippen LogP contribution in [0, 0.1) is 0 Å². The minimum absolute atomic E-state index is 0. The van der Waals surface area contributed by atoms with E-state index in [-0.39, 0.29) is 31.0 Å². The van der Waals surface area contributed by atoms with E-state index in [0.29, 0.717) is 6.10 Å². The fourth-order valence-corrected chi connectivity index (χ4v) is 1.97. The summed E-state index contributed by atoms with van der Waals surface area (Å²) in [6, 6.07) is 0. The van der Waals surface area contributed by atoms with Gasteiger partial charge in [0, 0.05) is 6.61 Å². The minimum atomic E-state index is -4.67. The molecule has 1 atom stereocenters. The summed E-state index contributed by atoms with van der Waals surface area (Å²) in [6.45, 7) is 7.46. The third-order valence-corrected chi connectivity index (χ3v) is 2.99. The van der Waals surface area contributed by atoms with Crippen LogP contribution in [0.3, 0.4) is 0 Å². The predicted octanol–water partition coefficient (Wildman–Crippen LogP) is 1.41. The Hall–Kier alpha value is 0.830. The van der Waals surface area contributed by atoms with Gasteiger partial charge in [-0.1, -0.05) is 58.8 Å². The van der Waals surface area contributed by atoms with Crippen LogP contribution in [0.2, 0.25) is 0 Å². The van der Waals surface area contributed by atoms with Crippen LogP contribution in [-0.2, 0) is 15.1 Å². The van der Waals surface area contributed by atoms with Crippen LogP contribution in [0.4, 0.5) is 0 Å². The first kappa shape index (κ1) is 26.7. The Bertz CT molecular complexity index is 281. The summed E-state index contributed by atoms with van der Waals surface area (Å²) >= 11 is 0. The molecule has 0 bridgehead atoms. The van der Waals surface area contributed by atoms with E-state index in [1.807, 2.05) is 0 Å². The Labute approximate surface area is 154 Å². The van der Waals surface area contributed by atoms with Crippen LogP contribution in [0.25, 0.3) is 0 Å². The Morgan fingerprint density at radius 3 is 1.76 bits per heavy atom. The zero-order valence-corrected chi connectivity index (χ0v) is 17.0. The molecule has 0 amide bonds. The number of hydrogen-bond donors (Lipinski definition) is 2. The monoisotopic (exact) mass is 336 g/mol. The van der Waals surface area contributed by atoms with Gasteiger partial charge in [0.25, 0.3) is 0 Å². The van der Waals surface area contributed by atoms with Crippen LogP contribution < -0.4 is 29.6 Å². The molecule has 2 N–H and O–H groups in total. The third-order valence-electron chi connectivity index (χ3n) is 2.99. The van der Waals surface area contributed by atoms with Crippen molar-refractivity contribution in [3.63, 3.8) is 0 Å². The molecule has 0 aliphatic rings. The second-order valence-corrected chi connectivity index (χ2v) is 5.74. The summed E-state index contributed by atoms with van der Waals surface area (Å²) in [5, 5.41) is 0. The van der Waals surface area contributed by atoms with Crippen molar-refractivity contribution in [2.45, 2.75) is 84.7 Å². The molecule has 7 heteroatoms. The molecule has 1 unspecified atom stereocenters. The van der Waals surface area contributed by atoms with Gasteiger partial charge in [0.15, 0.2) is 0 Å². The average Bonchev–Trinajstić information content (AvgIpc) is 2.34. The van der Waals surface area contributed by atoms with Crippen LogP contribution in [0.1, 0.15) is 80.0 Å². The number of ether oxygens (including phenoxy) is 1. The van der Waals surface area contributed by atoms with Crippen LogP contribution >= 0.6 is 0 Å². The first-order chi connectivity index (χ1) is 9.35. The van der Waals surface area contributed by atoms with Gasteiger partial charge in [0.2, 0.25) is 0 Å². The molecule has 0 spiro atoms. The molecule has 0 radical (unpaired) electrons. The van der Waals surface area contributed by atoms with Crippen LogP contribution in [-0.4, -0.2) is 30.2 Å². The zero-order chi connectivity index (χ0) is 15.9. The summed E-state index contributed by atoms with van der Waals surface area (Å²) in [4.78, 5) is 0. The molecule has 0 saturated carbocycles.